The third kappa shape index (κ3) is 4.25. The number of fused-ring (bicyclic) bond motifs is 2. The van der Waals surface area contributed by atoms with Crippen molar-refractivity contribution in [3.63, 3.8) is 0 Å². The molecule has 4 aliphatic heterocycles. The van der Waals surface area contributed by atoms with Crippen LogP contribution in [-0.2, 0) is 19.1 Å². The summed E-state index contributed by atoms with van der Waals surface area (Å²) in [4.78, 5) is 44.5. The number of thioether (sulfide) groups is 1. The Morgan fingerprint density at radius 2 is 1.97 bits per heavy atom. The minimum Gasteiger partial charge on any atom is -0.461 e. The lowest BCUT2D eigenvalue weighted by molar-refractivity contribution is -0.151. The van der Waals surface area contributed by atoms with Crippen molar-refractivity contribution in [2.75, 3.05) is 26.3 Å². The van der Waals surface area contributed by atoms with Crippen LogP contribution in [0.3, 0.4) is 0 Å². The monoisotopic (exact) mass is 476 g/mol. The van der Waals surface area contributed by atoms with Gasteiger partial charge in [0.2, 0.25) is 11.8 Å². The molecular weight excluding hydrogens is 440 g/mol. The maximum Gasteiger partial charge on any atom is 0.311 e. The van der Waals surface area contributed by atoms with Gasteiger partial charge < -0.3 is 19.6 Å². The van der Waals surface area contributed by atoms with Gasteiger partial charge in [-0.05, 0) is 26.2 Å². The first-order chi connectivity index (χ1) is 16.0. The molecule has 0 bridgehead atoms. The van der Waals surface area contributed by atoms with Crippen LogP contribution in [0.5, 0.6) is 0 Å². The number of aliphatic hydroxyl groups is 1. The minimum absolute atomic E-state index is 0.00605. The molecule has 2 saturated heterocycles. The second-order valence-electron chi connectivity index (χ2n) is 9.60. The van der Waals surface area contributed by atoms with Gasteiger partial charge >= 0.3 is 5.97 Å². The Bertz CT molecular complexity index is 830. The average molecular weight is 477 g/mol. The van der Waals surface area contributed by atoms with Crippen molar-refractivity contribution in [1.82, 2.24) is 9.80 Å². The van der Waals surface area contributed by atoms with Gasteiger partial charge in [0.15, 0.2) is 0 Å². The number of unbranched alkanes of at least 4 members (excludes halogenated alkanes) is 3. The van der Waals surface area contributed by atoms with E-state index in [4.69, 9.17) is 9.84 Å². The van der Waals surface area contributed by atoms with Crippen LogP contribution >= 0.6 is 11.8 Å². The van der Waals surface area contributed by atoms with Crippen LogP contribution in [0, 0.1) is 11.8 Å². The number of cyclic esters (lactones) is 1. The van der Waals surface area contributed by atoms with Crippen molar-refractivity contribution < 1.29 is 24.2 Å². The molecule has 2 amide bonds. The van der Waals surface area contributed by atoms with E-state index in [9.17, 15) is 14.4 Å². The SMILES string of the molecule is CCCC(C)N1CC=C[C@]23S[C@H]4C=CCOC(=O)[C@H]4[C@H]2C(=O)N(CCCCCCO)C3C1=O. The summed E-state index contributed by atoms with van der Waals surface area (Å²) in [5, 5.41) is 8.89. The summed E-state index contributed by atoms with van der Waals surface area (Å²) in [6.07, 6.45) is 13.1. The van der Waals surface area contributed by atoms with E-state index in [-0.39, 0.29) is 42.3 Å². The standard InChI is InChI=1S/C25H36N2O5S/c1-3-10-17(2)26-14-9-12-25-20(19-18(33-25)11-8-16-32-24(19)31)22(29)27(21(25)23(26)30)13-6-4-5-7-15-28/h8-9,11-12,17-21,28H,3-7,10,13-16H2,1-2H3/t17?,18-,19+,20-,21?,25-/m0/s1. The summed E-state index contributed by atoms with van der Waals surface area (Å²) >= 11 is 1.60. The Hall–Kier alpha value is -1.80. The number of likely N-dealkylation sites (tertiary alicyclic amines) is 1. The predicted molar refractivity (Wildman–Crippen MR) is 127 cm³/mol. The van der Waals surface area contributed by atoms with Gasteiger partial charge in [-0.3, -0.25) is 14.4 Å². The third-order valence-corrected chi connectivity index (χ3v) is 9.23. The predicted octanol–water partition coefficient (Wildman–Crippen LogP) is 2.54. The van der Waals surface area contributed by atoms with Crippen LogP contribution in [0.2, 0.25) is 0 Å². The number of amides is 2. The number of esters is 1. The highest BCUT2D eigenvalue weighted by Gasteiger charge is 2.71. The number of ether oxygens (including phenoxy) is 1. The van der Waals surface area contributed by atoms with Gasteiger partial charge in [-0.15, -0.1) is 11.8 Å². The quantitative estimate of drug-likeness (QED) is 0.313. The van der Waals surface area contributed by atoms with Gasteiger partial charge in [0.25, 0.3) is 0 Å². The summed E-state index contributed by atoms with van der Waals surface area (Å²) in [7, 11) is 0. The highest BCUT2D eigenvalue weighted by molar-refractivity contribution is 8.02. The van der Waals surface area contributed by atoms with Crippen molar-refractivity contribution in [3.05, 3.63) is 24.3 Å². The minimum atomic E-state index is -0.754. The topological polar surface area (TPSA) is 87.2 Å². The number of nitrogens with zero attached hydrogens (tertiary/aromatic N) is 2. The van der Waals surface area contributed by atoms with Crippen LogP contribution in [-0.4, -0.2) is 81.1 Å². The van der Waals surface area contributed by atoms with Crippen molar-refractivity contribution in [3.8, 4) is 0 Å². The first-order valence-electron chi connectivity index (χ1n) is 12.4. The molecule has 0 saturated carbocycles. The second kappa shape index (κ2) is 10.2. The molecule has 1 spiro atoms. The molecule has 2 fully saturated rings. The lowest BCUT2D eigenvalue weighted by Gasteiger charge is -2.37. The number of carbonyl (C=O) groups is 3. The fraction of sp³-hybridized carbons (Fsp3) is 0.720. The molecule has 0 aromatic carbocycles. The van der Waals surface area contributed by atoms with E-state index in [1.807, 2.05) is 23.1 Å². The van der Waals surface area contributed by atoms with E-state index in [1.165, 1.54) is 0 Å². The van der Waals surface area contributed by atoms with E-state index in [0.717, 1.165) is 38.5 Å². The first kappa shape index (κ1) is 24.3. The summed E-state index contributed by atoms with van der Waals surface area (Å²) in [5.41, 5.74) is 0. The molecule has 4 rings (SSSR count). The summed E-state index contributed by atoms with van der Waals surface area (Å²) in [6, 6.07) is -0.520. The number of hydrogen-bond acceptors (Lipinski definition) is 6. The lowest BCUT2D eigenvalue weighted by atomic mass is 9.78. The summed E-state index contributed by atoms with van der Waals surface area (Å²) in [5.74, 6) is -1.60. The van der Waals surface area contributed by atoms with Crippen molar-refractivity contribution in [2.45, 2.75) is 74.5 Å². The molecule has 182 valence electrons. The van der Waals surface area contributed by atoms with Gasteiger partial charge in [-0.1, -0.05) is 50.5 Å². The van der Waals surface area contributed by atoms with E-state index >= 15 is 0 Å². The fourth-order valence-corrected chi connectivity index (χ4v) is 7.95. The molecular formula is C25H36N2O5S. The Morgan fingerprint density at radius 1 is 1.18 bits per heavy atom. The van der Waals surface area contributed by atoms with Gasteiger partial charge in [0, 0.05) is 31.0 Å². The van der Waals surface area contributed by atoms with E-state index in [2.05, 4.69) is 19.9 Å². The summed E-state index contributed by atoms with van der Waals surface area (Å²) < 4.78 is 4.65. The van der Waals surface area contributed by atoms with E-state index < -0.39 is 22.6 Å². The number of rotatable bonds is 9. The van der Waals surface area contributed by atoms with Crippen LogP contribution < -0.4 is 0 Å². The largest absolute Gasteiger partial charge is 0.461 e. The zero-order valence-electron chi connectivity index (χ0n) is 19.7. The molecule has 7 nitrogen and oxygen atoms in total. The number of carbonyl (C=O) groups excluding carboxylic acids is 3. The van der Waals surface area contributed by atoms with Crippen LogP contribution in [0.1, 0.15) is 52.4 Å². The fourth-order valence-electron chi connectivity index (χ4n) is 5.94. The van der Waals surface area contributed by atoms with Crippen molar-refractivity contribution in [1.29, 1.82) is 0 Å². The Labute approximate surface area is 200 Å². The molecule has 6 atom stereocenters. The second-order valence-corrected chi connectivity index (χ2v) is 11.1. The molecule has 2 unspecified atom stereocenters. The summed E-state index contributed by atoms with van der Waals surface area (Å²) in [6.45, 7) is 5.61. The van der Waals surface area contributed by atoms with Crippen molar-refractivity contribution >= 4 is 29.5 Å². The van der Waals surface area contributed by atoms with Gasteiger partial charge in [0.05, 0.1) is 16.6 Å². The highest BCUT2D eigenvalue weighted by Crippen LogP contribution is 2.61. The maximum absolute atomic E-state index is 14.0. The highest BCUT2D eigenvalue weighted by atomic mass is 32.2. The molecule has 4 heterocycles. The van der Waals surface area contributed by atoms with Crippen LogP contribution in [0.15, 0.2) is 24.3 Å². The first-order valence-corrected chi connectivity index (χ1v) is 13.2. The molecule has 0 aromatic rings. The zero-order chi connectivity index (χ0) is 23.6. The molecule has 0 aromatic heterocycles. The number of aliphatic hydroxyl groups excluding tert-OH is 1. The normalized spacial score (nSPS) is 34.0. The molecule has 0 radical (unpaired) electrons. The van der Waals surface area contributed by atoms with Gasteiger partial charge in [-0.2, -0.15) is 0 Å². The maximum atomic E-state index is 14.0. The Balaban J connectivity index is 1.69. The smallest absolute Gasteiger partial charge is 0.311 e. The van der Waals surface area contributed by atoms with Crippen molar-refractivity contribution in [2.24, 2.45) is 11.8 Å². The number of hydrogen-bond donors (Lipinski definition) is 1. The van der Waals surface area contributed by atoms with E-state index in [1.54, 1.807) is 16.7 Å². The zero-order valence-corrected chi connectivity index (χ0v) is 20.5. The molecule has 8 heteroatoms. The molecule has 33 heavy (non-hydrogen) atoms. The average Bonchev–Trinajstić information content (AvgIpc) is 3.08. The van der Waals surface area contributed by atoms with Gasteiger partial charge in [0.1, 0.15) is 12.6 Å². The Morgan fingerprint density at radius 3 is 2.73 bits per heavy atom. The van der Waals surface area contributed by atoms with E-state index in [0.29, 0.717) is 13.1 Å². The molecule has 0 aliphatic carbocycles. The third-order valence-electron chi connectivity index (χ3n) is 7.49. The van der Waals surface area contributed by atoms with Gasteiger partial charge in [-0.25, -0.2) is 0 Å². The lowest BCUT2D eigenvalue weighted by Crippen LogP contribution is -2.55. The Kier molecular flexibility index (Phi) is 7.53. The molecule has 4 aliphatic rings. The molecule has 1 N–H and O–H groups in total. The van der Waals surface area contributed by atoms with Crippen LogP contribution in [0.4, 0.5) is 0 Å². The van der Waals surface area contributed by atoms with Crippen LogP contribution in [0.25, 0.3) is 0 Å².